The number of nitrogens with two attached hydrogens (primary N) is 1. The van der Waals surface area contributed by atoms with Crippen LogP contribution in [0.25, 0.3) is 11.1 Å². The van der Waals surface area contributed by atoms with Crippen molar-refractivity contribution in [3.05, 3.63) is 59.7 Å². The van der Waals surface area contributed by atoms with Gasteiger partial charge in [0.25, 0.3) is 0 Å². The average Bonchev–Trinajstić information content (AvgIpc) is 3.00. The van der Waals surface area contributed by atoms with E-state index >= 15 is 0 Å². The van der Waals surface area contributed by atoms with E-state index in [1.54, 1.807) is 0 Å². The van der Waals surface area contributed by atoms with E-state index in [2.05, 4.69) is 17.4 Å². The molecule has 2 aromatic rings. The van der Waals surface area contributed by atoms with Crippen LogP contribution in [-0.2, 0) is 14.3 Å². The predicted octanol–water partition coefficient (Wildman–Crippen LogP) is 2.42. The van der Waals surface area contributed by atoms with Crippen molar-refractivity contribution in [3.8, 4) is 11.1 Å². The molecule has 0 spiro atoms. The highest BCUT2D eigenvalue weighted by Gasteiger charge is 2.29. The SMILES string of the molecule is C[C@@H](NC(=O)OCC1c2ccccc2-c2ccccc21)C(=O)O.C[C@H](N)C(=O)O. The zero-order valence-corrected chi connectivity index (χ0v) is 16.2. The van der Waals surface area contributed by atoms with Gasteiger partial charge in [-0.3, -0.25) is 9.59 Å². The first kappa shape index (κ1) is 21.9. The van der Waals surface area contributed by atoms with Gasteiger partial charge in [-0.2, -0.15) is 0 Å². The minimum atomic E-state index is -1.10. The van der Waals surface area contributed by atoms with Crippen LogP contribution in [0.3, 0.4) is 0 Å². The Morgan fingerprint density at radius 1 is 0.966 bits per heavy atom. The Labute approximate surface area is 168 Å². The molecule has 5 N–H and O–H groups in total. The number of aliphatic carboxylic acids is 2. The molecule has 0 aliphatic heterocycles. The maximum Gasteiger partial charge on any atom is 0.407 e. The van der Waals surface area contributed by atoms with Crippen molar-refractivity contribution in [2.24, 2.45) is 5.73 Å². The normalized spacial score (nSPS) is 13.8. The minimum absolute atomic E-state index is 0.0340. The molecule has 2 atom stereocenters. The van der Waals surface area contributed by atoms with Crippen LogP contribution in [-0.4, -0.2) is 46.9 Å². The second-order valence-corrected chi connectivity index (χ2v) is 6.66. The standard InChI is InChI=1S/C18H17NO4.C3H7NO2/c1-11(17(20)21)19-18(22)23-10-16-14-8-4-2-6-12(14)13-7-3-5-9-15(13)16;1-2(4)3(5)6/h2-9,11,16H,10H2,1H3,(H,19,22)(H,20,21);2H,4H2,1H3,(H,5,6)/t11-;2-/m10/s1. The molecule has 1 aliphatic rings. The van der Waals surface area contributed by atoms with E-state index in [1.165, 1.54) is 13.8 Å². The summed E-state index contributed by atoms with van der Waals surface area (Å²) in [4.78, 5) is 32.1. The topological polar surface area (TPSA) is 139 Å². The average molecular weight is 400 g/mol. The summed E-state index contributed by atoms with van der Waals surface area (Å²) in [5, 5.41) is 19.0. The van der Waals surface area contributed by atoms with E-state index in [0.717, 1.165) is 22.3 Å². The summed E-state index contributed by atoms with van der Waals surface area (Å²) in [5.74, 6) is -2.10. The number of carboxylic acid groups (broad SMARTS) is 2. The van der Waals surface area contributed by atoms with Crippen molar-refractivity contribution in [1.29, 1.82) is 0 Å². The highest BCUT2D eigenvalue weighted by atomic mass is 16.5. The number of rotatable bonds is 5. The third-order valence-corrected chi connectivity index (χ3v) is 4.44. The first-order valence-electron chi connectivity index (χ1n) is 9.05. The number of carboxylic acids is 2. The summed E-state index contributed by atoms with van der Waals surface area (Å²) < 4.78 is 5.25. The number of carbonyl (C=O) groups is 3. The number of amides is 1. The van der Waals surface area contributed by atoms with Crippen molar-refractivity contribution < 1.29 is 29.3 Å². The van der Waals surface area contributed by atoms with Gasteiger partial charge < -0.3 is 26.0 Å². The highest BCUT2D eigenvalue weighted by Crippen LogP contribution is 2.44. The quantitative estimate of drug-likeness (QED) is 0.604. The molecule has 154 valence electrons. The number of hydrogen-bond donors (Lipinski definition) is 4. The molecule has 0 radical (unpaired) electrons. The number of nitrogens with one attached hydrogen (secondary N) is 1. The van der Waals surface area contributed by atoms with E-state index in [9.17, 15) is 14.4 Å². The number of ether oxygens (including phenoxy) is 1. The monoisotopic (exact) mass is 400 g/mol. The van der Waals surface area contributed by atoms with Crippen LogP contribution in [0.2, 0.25) is 0 Å². The Morgan fingerprint density at radius 3 is 1.83 bits per heavy atom. The lowest BCUT2D eigenvalue weighted by Crippen LogP contribution is -2.39. The van der Waals surface area contributed by atoms with Crippen LogP contribution in [0, 0.1) is 0 Å². The summed E-state index contributed by atoms with van der Waals surface area (Å²) in [6.45, 7) is 2.98. The fourth-order valence-corrected chi connectivity index (χ4v) is 2.88. The minimum Gasteiger partial charge on any atom is -0.480 e. The Bertz CT molecular complexity index is 851. The number of alkyl carbamates (subject to hydrolysis) is 1. The summed E-state index contributed by atoms with van der Waals surface area (Å²) in [5.41, 5.74) is 9.37. The van der Waals surface area contributed by atoms with Crippen LogP contribution in [0.5, 0.6) is 0 Å². The fourth-order valence-electron chi connectivity index (χ4n) is 2.88. The molecule has 0 heterocycles. The molecule has 2 aromatic carbocycles. The Balaban J connectivity index is 0.000000438. The van der Waals surface area contributed by atoms with Gasteiger partial charge in [0.05, 0.1) is 0 Å². The summed E-state index contributed by atoms with van der Waals surface area (Å²) >= 11 is 0. The van der Waals surface area contributed by atoms with Gasteiger partial charge >= 0.3 is 18.0 Å². The van der Waals surface area contributed by atoms with Gasteiger partial charge in [-0.25, -0.2) is 4.79 Å². The zero-order chi connectivity index (χ0) is 21.6. The van der Waals surface area contributed by atoms with E-state index in [1.807, 2.05) is 36.4 Å². The second-order valence-electron chi connectivity index (χ2n) is 6.66. The number of fused-ring (bicyclic) bond motifs is 3. The van der Waals surface area contributed by atoms with Crippen molar-refractivity contribution >= 4 is 18.0 Å². The molecule has 0 saturated heterocycles. The highest BCUT2D eigenvalue weighted by molar-refractivity contribution is 5.80. The molecule has 8 heteroatoms. The van der Waals surface area contributed by atoms with E-state index in [0.29, 0.717) is 0 Å². The molecule has 0 fully saturated rings. The lowest BCUT2D eigenvalue weighted by molar-refractivity contribution is -0.139. The number of hydrogen-bond acceptors (Lipinski definition) is 5. The summed E-state index contributed by atoms with van der Waals surface area (Å²) in [7, 11) is 0. The molecule has 1 amide bonds. The van der Waals surface area contributed by atoms with Crippen LogP contribution in [0.1, 0.15) is 30.9 Å². The van der Waals surface area contributed by atoms with E-state index < -0.39 is 30.1 Å². The second kappa shape index (κ2) is 9.70. The van der Waals surface area contributed by atoms with Gasteiger partial charge in [0.15, 0.2) is 0 Å². The molecule has 0 saturated carbocycles. The first-order chi connectivity index (χ1) is 13.7. The van der Waals surface area contributed by atoms with Crippen molar-refractivity contribution in [2.45, 2.75) is 31.8 Å². The summed E-state index contributed by atoms with van der Waals surface area (Å²) in [6.07, 6.45) is -0.721. The number of benzene rings is 2. The maximum atomic E-state index is 11.7. The largest absolute Gasteiger partial charge is 0.480 e. The number of carbonyl (C=O) groups excluding carboxylic acids is 1. The van der Waals surface area contributed by atoms with Crippen LogP contribution in [0.15, 0.2) is 48.5 Å². The lowest BCUT2D eigenvalue weighted by Gasteiger charge is -2.15. The van der Waals surface area contributed by atoms with Crippen LogP contribution < -0.4 is 11.1 Å². The van der Waals surface area contributed by atoms with Gasteiger partial charge in [-0.1, -0.05) is 48.5 Å². The molecule has 8 nitrogen and oxygen atoms in total. The lowest BCUT2D eigenvalue weighted by atomic mass is 9.98. The third-order valence-electron chi connectivity index (χ3n) is 4.44. The van der Waals surface area contributed by atoms with Crippen molar-refractivity contribution in [3.63, 3.8) is 0 Å². The fraction of sp³-hybridized carbons (Fsp3) is 0.286. The Kier molecular flexibility index (Phi) is 7.33. The Hall–Kier alpha value is -3.39. The van der Waals surface area contributed by atoms with Gasteiger partial charge in [-0.05, 0) is 36.1 Å². The molecule has 0 bridgehead atoms. The van der Waals surface area contributed by atoms with Crippen molar-refractivity contribution in [1.82, 2.24) is 5.32 Å². The summed E-state index contributed by atoms with van der Waals surface area (Å²) in [6, 6.07) is 14.4. The molecular formula is C21H24N2O6. The van der Waals surface area contributed by atoms with Gasteiger partial charge in [0.1, 0.15) is 18.7 Å². The van der Waals surface area contributed by atoms with Crippen LogP contribution in [0.4, 0.5) is 4.79 Å². The molecule has 1 aliphatic carbocycles. The molecular weight excluding hydrogens is 376 g/mol. The van der Waals surface area contributed by atoms with Gasteiger partial charge in [0, 0.05) is 5.92 Å². The third kappa shape index (κ3) is 5.55. The smallest absolute Gasteiger partial charge is 0.407 e. The molecule has 0 aromatic heterocycles. The molecule has 29 heavy (non-hydrogen) atoms. The first-order valence-corrected chi connectivity index (χ1v) is 9.05. The maximum absolute atomic E-state index is 11.7. The zero-order valence-electron chi connectivity index (χ0n) is 16.2. The Morgan fingerprint density at radius 2 is 1.41 bits per heavy atom. The van der Waals surface area contributed by atoms with Crippen molar-refractivity contribution in [2.75, 3.05) is 6.61 Å². The van der Waals surface area contributed by atoms with Gasteiger partial charge in [-0.15, -0.1) is 0 Å². The molecule has 3 rings (SSSR count). The molecule has 0 unspecified atom stereocenters. The van der Waals surface area contributed by atoms with E-state index in [4.69, 9.17) is 20.7 Å². The van der Waals surface area contributed by atoms with Gasteiger partial charge in [0.2, 0.25) is 0 Å². The predicted molar refractivity (Wildman–Crippen MR) is 107 cm³/mol. The van der Waals surface area contributed by atoms with E-state index in [-0.39, 0.29) is 12.5 Å². The van der Waals surface area contributed by atoms with Crippen LogP contribution >= 0.6 is 0 Å².